The van der Waals surface area contributed by atoms with Crippen LogP contribution in [0, 0.1) is 3.57 Å². The minimum Gasteiger partial charge on any atom is -0.378 e. The number of carbonyl (C=O) groups excluding carboxylic acids is 1. The highest BCUT2D eigenvalue weighted by atomic mass is 127. The van der Waals surface area contributed by atoms with E-state index >= 15 is 0 Å². The van der Waals surface area contributed by atoms with Gasteiger partial charge < -0.3 is 16.4 Å². The van der Waals surface area contributed by atoms with Gasteiger partial charge in [-0.3, -0.25) is 0 Å². The fourth-order valence-corrected chi connectivity index (χ4v) is 2.45. The maximum Gasteiger partial charge on any atom is 0.316 e. The number of hydrogen-bond acceptors (Lipinski definition) is 2. The molecular formula is C15H16IN3O. The lowest BCUT2D eigenvalue weighted by Crippen LogP contribution is -2.19. The average Bonchev–Trinajstić information content (AvgIpc) is 2.38. The smallest absolute Gasteiger partial charge is 0.316 e. The molecule has 2 aromatic carbocycles. The van der Waals surface area contributed by atoms with Gasteiger partial charge in [-0.1, -0.05) is 18.2 Å². The van der Waals surface area contributed by atoms with Crippen molar-refractivity contribution < 1.29 is 4.79 Å². The third-order valence-corrected chi connectivity index (χ3v) is 3.56. The van der Waals surface area contributed by atoms with Gasteiger partial charge in [0.05, 0.1) is 0 Å². The van der Waals surface area contributed by atoms with Gasteiger partial charge in [-0.15, -0.1) is 0 Å². The summed E-state index contributed by atoms with van der Waals surface area (Å²) >= 11 is 2.29. The fraction of sp³-hybridized carbons (Fsp3) is 0.133. The molecule has 4 N–H and O–H groups in total. The Balaban J connectivity index is 2.05. The summed E-state index contributed by atoms with van der Waals surface area (Å²) in [5.41, 5.74) is 8.00. The first-order valence-electron chi connectivity index (χ1n) is 6.23. The standard InChI is InChI=1S/C15H16IN3O/c1-10(18-14-4-2-3-12(16)9-14)11-5-7-13(8-6-11)19-15(17)20/h2-10,18H,1H3,(H3,17,19,20). The van der Waals surface area contributed by atoms with Gasteiger partial charge in [0.1, 0.15) is 0 Å². The highest BCUT2D eigenvalue weighted by Crippen LogP contribution is 2.22. The number of hydrogen-bond donors (Lipinski definition) is 3. The van der Waals surface area contributed by atoms with Crippen LogP contribution in [0.5, 0.6) is 0 Å². The second-order valence-electron chi connectivity index (χ2n) is 4.49. The summed E-state index contributed by atoms with van der Waals surface area (Å²) in [6, 6.07) is 15.5. The summed E-state index contributed by atoms with van der Waals surface area (Å²) in [6.07, 6.45) is 0. The Morgan fingerprint density at radius 2 is 1.85 bits per heavy atom. The maximum absolute atomic E-state index is 10.8. The van der Waals surface area contributed by atoms with E-state index in [2.05, 4.69) is 52.3 Å². The van der Waals surface area contributed by atoms with Gasteiger partial charge in [0.15, 0.2) is 0 Å². The molecular weight excluding hydrogens is 365 g/mol. The number of nitrogens with two attached hydrogens (primary N) is 1. The number of primary amides is 1. The quantitative estimate of drug-likeness (QED) is 0.702. The molecule has 20 heavy (non-hydrogen) atoms. The van der Waals surface area contributed by atoms with Crippen molar-refractivity contribution in [1.29, 1.82) is 0 Å². The monoisotopic (exact) mass is 381 g/mol. The van der Waals surface area contributed by atoms with E-state index in [1.807, 2.05) is 36.4 Å². The van der Waals surface area contributed by atoms with Crippen molar-refractivity contribution in [2.45, 2.75) is 13.0 Å². The number of carbonyl (C=O) groups is 1. The van der Waals surface area contributed by atoms with Crippen LogP contribution in [-0.4, -0.2) is 6.03 Å². The number of nitrogens with one attached hydrogen (secondary N) is 2. The summed E-state index contributed by atoms with van der Waals surface area (Å²) in [6.45, 7) is 2.09. The predicted octanol–water partition coefficient (Wildman–Crippen LogP) is 3.95. The molecule has 0 saturated heterocycles. The molecule has 2 amide bonds. The molecule has 104 valence electrons. The first kappa shape index (κ1) is 14.6. The number of benzene rings is 2. The lowest BCUT2D eigenvalue weighted by atomic mass is 10.1. The van der Waals surface area contributed by atoms with Gasteiger partial charge in [-0.05, 0) is 65.4 Å². The summed E-state index contributed by atoms with van der Waals surface area (Å²) < 4.78 is 1.20. The van der Waals surface area contributed by atoms with E-state index in [1.54, 1.807) is 0 Å². The number of anilines is 2. The second kappa shape index (κ2) is 6.60. The van der Waals surface area contributed by atoms with Gasteiger partial charge in [0.2, 0.25) is 0 Å². The molecule has 2 aromatic rings. The van der Waals surface area contributed by atoms with Gasteiger partial charge in [0.25, 0.3) is 0 Å². The molecule has 0 radical (unpaired) electrons. The van der Waals surface area contributed by atoms with Crippen LogP contribution in [0.4, 0.5) is 16.2 Å². The Bertz CT molecular complexity index is 598. The van der Waals surface area contributed by atoms with Crippen LogP contribution in [0.3, 0.4) is 0 Å². The minimum absolute atomic E-state index is 0.177. The molecule has 4 nitrogen and oxygen atoms in total. The zero-order valence-electron chi connectivity index (χ0n) is 11.1. The van der Waals surface area contributed by atoms with Crippen LogP contribution < -0.4 is 16.4 Å². The molecule has 0 aliphatic heterocycles. The van der Waals surface area contributed by atoms with Crippen molar-refractivity contribution in [2.24, 2.45) is 5.73 Å². The number of urea groups is 1. The third-order valence-electron chi connectivity index (χ3n) is 2.89. The molecule has 0 bridgehead atoms. The Morgan fingerprint density at radius 3 is 2.45 bits per heavy atom. The number of rotatable bonds is 4. The van der Waals surface area contributed by atoms with Crippen LogP contribution in [0.25, 0.3) is 0 Å². The van der Waals surface area contributed by atoms with E-state index in [0.717, 1.165) is 11.3 Å². The lowest BCUT2D eigenvalue weighted by molar-refractivity contribution is 0.259. The Kier molecular flexibility index (Phi) is 4.84. The summed E-state index contributed by atoms with van der Waals surface area (Å²) in [4.78, 5) is 10.8. The second-order valence-corrected chi connectivity index (χ2v) is 5.73. The zero-order chi connectivity index (χ0) is 14.5. The molecule has 0 aromatic heterocycles. The van der Waals surface area contributed by atoms with Crippen molar-refractivity contribution in [3.05, 3.63) is 57.7 Å². The normalized spacial score (nSPS) is 11.7. The fourth-order valence-electron chi connectivity index (χ4n) is 1.91. The van der Waals surface area contributed by atoms with Crippen LogP contribution in [0.15, 0.2) is 48.5 Å². The molecule has 1 atom stereocenters. The van der Waals surface area contributed by atoms with Crippen molar-refractivity contribution >= 4 is 40.0 Å². The molecule has 0 heterocycles. The van der Waals surface area contributed by atoms with Crippen LogP contribution in [0.1, 0.15) is 18.5 Å². The first-order chi connectivity index (χ1) is 9.54. The molecule has 0 saturated carbocycles. The molecule has 0 aliphatic rings. The number of halogens is 1. The molecule has 2 rings (SSSR count). The molecule has 0 spiro atoms. The minimum atomic E-state index is -0.553. The van der Waals surface area contributed by atoms with E-state index in [4.69, 9.17) is 5.73 Å². The lowest BCUT2D eigenvalue weighted by Gasteiger charge is -2.16. The SMILES string of the molecule is CC(Nc1cccc(I)c1)c1ccc(NC(N)=O)cc1. The summed E-state index contributed by atoms with van der Waals surface area (Å²) in [7, 11) is 0. The first-order valence-corrected chi connectivity index (χ1v) is 7.31. The van der Waals surface area contributed by atoms with Gasteiger partial charge in [-0.25, -0.2) is 4.79 Å². The van der Waals surface area contributed by atoms with Crippen LogP contribution in [-0.2, 0) is 0 Å². The zero-order valence-corrected chi connectivity index (χ0v) is 13.2. The van der Waals surface area contributed by atoms with E-state index in [-0.39, 0.29) is 6.04 Å². The maximum atomic E-state index is 10.8. The van der Waals surface area contributed by atoms with Crippen molar-refractivity contribution in [2.75, 3.05) is 10.6 Å². The van der Waals surface area contributed by atoms with Crippen molar-refractivity contribution in [3.63, 3.8) is 0 Å². The van der Waals surface area contributed by atoms with Crippen molar-refractivity contribution in [1.82, 2.24) is 0 Å². The average molecular weight is 381 g/mol. The predicted molar refractivity (Wildman–Crippen MR) is 90.8 cm³/mol. The van der Waals surface area contributed by atoms with Gasteiger partial charge in [0, 0.05) is 21.0 Å². The largest absolute Gasteiger partial charge is 0.378 e. The Labute approximate surface area is 131 Å². The molecule has 0 fully saturated rings. The van der Waals surface area contributed by atoms with Gasteiger partial charge in [-0.2, -0.15) is 0 Å². The molecule has 5 heteroatoms. The molecule has 0 aliphatic carbocycles. The van der Waals surface area contributed by atoms with E-state index < -0.39 is 6.03 Å². The third kappa shape index (κ3) is 4.12. The Hall–Kier alpha value is -1.76. The van der Waals surface area contributed by atoms with E-state index in [9.17, 15) is 4.79 Å². The van der Waals surface area contributed by atoms with Crippen molar-refractivity contribution in [3.8, 4) is 0 Å². The number of amides is 2. The molecule has 1 unspecified atom stereocenters. The van der Waals surface area contributed by atoms with E-state index in [1.165, 1.54) is 3.57 Å². The van der Waals surface area contributed by atoms with Crippen LogP contribution >= 0.6 is 22.6 Å². The Morgan fingerprint density at radius 1 is 1.15 bits per heavy atom. The highest BCUT2D eigenvalue weighted by molar-refractivity contribution is 14.1. The van der Waals surface area contributed by atoms with Gasteiger partial charge >= 0.3 is 6.03 Å². The summed E-state index contributed by atoms with van der Waals surface area (Å²) in [5.74, 6) is 0. The van der Waals surface area contributed by atoms with Crippen LogP contribution in [0.2, 0.25) is 0 Å². The highest BCUT2D eigenvalue weighted by Gasteiger charge is 2.06. The summed E-state index contributed by atoms with van der Waals surface area (Å²) in [5, 5.41) is 5.99. The van der Waals surface area contributed by atoms with E-state index in [0.29, 0.717) is 5.69 Å². The topological polar surface area (TPSA) is 67.2 Å².